The van der Waals surface area contributed by atoms with E-state index in [0.717, 1.165) is 18.5 Å². The van der Waals surface area contributed by atoms with Gasteiger partial charge in [-0.25, -0.2) is 4.98 Å². The van der Waals surface area contributed by atoms with E-state index in [4.69, 9.17) is 15.2 Å². The first-order valence-corrected chi connectivity index (χ1v) is 10.9. The number of pyridine rings is 1. The van der Waals surface area contributed by atoms with Crippen LogP contribution in [0.15, 0.2) is 65.1 Å². The lowest BCUT2D eigenvalue weighted by atomic mass is 9.75. The maximum Gasteiger partial charge on any atom is 0.255 e. The number of hydrogen-bond acceptors (Lipinski definition) is 7. The van der Waals surface area contributed by atoms with Crippen LogP contribution >= 0.6 is 0 Å². The molecule has 9 heteroatoms. The number of hydrogen-bond donors (Lipinski definition) is 3. The number of ketones is 1. The summed E-state index contributed by atoms with van der Waals surface area (Å²) in [6.07, 6.45) is 3.49. The minimum Gasteiger partial charge on any atom is -0.493 e. The molecule has 2 heterocycles. The van der Waals surface area contributed by atoms with Crippen LogP contribution in [0.4, 0.5) is 5.82 Å². The molecule has 1 aliphatic carbocycles. The molecule has 0 radical (unpaired) electrons. The van der Waals surface area contributed by atoms with Crippen LogP contribution in [0.2, 0.25) is 0 Å². The Kier molecular flexibility index (Phi) is 6.62. The molecule has 0 spiro atoms. The Morgan fingerprint density at radius 2 is 2.03 bits per heavy atom. The summed E-state index contributed by atoms with van der Waals surface area (Å²) in [5.74, 6) is -0.456. The number of anilines is 1. The fraction of sp³-hybridized carbons (Fsp3) is 0.280. The molecule has 2 aromatic rings. The first kappa shape index (κ1) is 23.0. The molecule has 2 amide bonds. The molecule has 1 atom stereocenters. The van der Waals surface area contributed by atoms with Crippen molar-refractivity contribution in [3.63, 3.8) is 0 Å². The fourth-order valence-corrected chi connectivity index (χ4v) is 4.37. The van der Waals surface area contributed by atoms with Crippen molar-refractivity contribution >= 4 is 23.4 Å². The molecule has 0 fully saturated rings. The summed E-state index contributed by atoms with van der Waals surface area (Å²) in [7, 11) is 1.48. The average Bonchev–Trinajstić information content (AvgIpc) is 2.82. The Balaban J connectivity index is 1.78. The van der Waals surface area contributed by atoms with Crippen molar-refractivity contribution in [1.29, 1.82) is 0 Å². The lowest BCUT2D eigenvalue weighted by Crippen LogP contribution is -2.35. The Bertz CT molecular complexity index is 1200. The number of amides is 2. The van der Waals surface area contributed by atoms with Gasteiger partial charge in [-0.15, -0.1) is 0 Å². The van der Waals surface area contributed by atoms with E-state index >= 15 is 0 Å². The number of methoxy groups -OCH3 is 1. The van der Waals surface area contributed by atoms with Gasteiger partial charge in [0.2, 0.25) is 0 Å². The van der Waals surface area contributed by atoms with Gasteiger partial charge in [-0.2, -0.15) is 0 Å². The number of aromatic nitrogens is 1. The van der Waals surface area contributed by atoms with Crippen molar-refractivity contribution in [1.82, 2.24) is 10.3 Å². The summed E-state index contributed by atoms with van der Waals surface area (Å²) in [4.78, 5) is 41.8. The van der Waals surface area contributed by atoms with Crippen molar-refractivity contribution in [3.05, 3.63) is 70.7 Å². The number of nitrogens with two attached hydrogens (primary N) is 1. The normalized spacial score (nSPS) is 17.6. The summed E-state index contributed by atoms with van der Waals surface area (Å²) in [6.45, 7) is 1.53. The molecule has 34 heavy (non-hydrogen) atoms. The first-order valence-electron chi connectivity index (χ1n) is 10.9. The van der Waals surface area contributed by atoms with Crippen molar-refractivity contribution in [3.8, 4) is 11.5 Å². The Morgan fingerprint density at radius 1 is 1.21 bits per heavy atom. The SMILES string of the molecule is COc1cc([C@H]2C(C(=O)Nc3ccccn3)=C(C)NC3=C2C(=O)CCC3)ccc1OCC(N)=O. The number of Topliss-reactive ketones (excluding diaryl/α,β-unsaturated/α-hetero) is 1. The van der Waals surface area contributed by atoms with Crippen LogP contribution in [0.3, 0.4) is 0 Å². The Labute approximate surface area is 197 Å². The van der Waals surface area contributed by atoms with E-state index in [2.05, 4.69) is 15.6 Å². The van der Waals surface area contributed by atoms with E-state index in [1.165, 1.54) is 7.11 Å². The Hall–Kier alpha value is -4.14. The fourth-order valence-electron chi connectivity index (χ4n) is 4.37. The van der Waals surface area contributed by atoms with E-state index in [-0.39, 0.29) is 18.3 Å². The predicted octanol–water partition coefficient (Wildman–Crippen LogP) is 2.56. The lowest BCUT2D eigenvalue weighted by molar-refractivity contribution is -0.120. The van der Waals surface area contributed by atoms with Gasteiger partial charge >= 0.3 is 0 Å². The number of dihydropyridines is 1. The first-order chi connectivity index (χ1) is 16.4. The smallest absolute Gasteiger partial charge is 0.255 e. The second-order valence-corrected chi connectivity index (χ2v) is 8.10. The van der Waals surface area contributed by atoms with Crippen molar-refractivity contribution in [2.45, 2.75) is 32.1 Å². The van der Waals surface area contributed by atoms with Gasteiger partial charge in [0.1, 0.15) is 5.82 Å². The summed E-state index contributed by atoms with van der Waals surface area (Å²) in [6, 6.07) is 10.4. The number of carbonyl (C=O) groups is 3. The molecule has 176 valence electrons. The van der Waals surface area contributed by atoms with Crippen LogP contribution in [-0.4, -0.2) is 36.3 Å². The number of allylic oxidation sites excluding steroid dienone is 3. The van der Waals surface area contributed by atoms with E-state index < -0.39 is 11.8 Å². The van der Waals surface area contributed by atoms with Crippen molar-refractivity contribution in [2.75, 3.05) is 19.0 Å². The molecule has 9 nitrogen and oxygen atoms in total. The zero-order valence-electron chi connectivity index (χ0n) is 19.0. The molecule has 0 bridgehead atoms. The minimum atomic E-state index is -0.612. The summed E-state index contributed by atoms with van der Waals surface area (Å²) in [5.41, 5.74) is 8.38. The second-order valence-electron chi connectivity index (χ2n) is 8.10. The number of benzene rings is 1. The van der Waals surface area contributed by atoms with Gasteiger partial charge in [0.05, 0.1) is 7.11 Å². The average molecular weight is 463 g/mol. The van der Waals surface area contributed by atoms with Crippen LogP contribution in [0, 0.1) is 0 Å². The minimum absolute atomic E-state index is 0.00223. The van der Waals surface area contributed by atoms with Crippen LogP contribution in [-0.2, 0) is 14.4 Å². The number of primary amides is 1. The van der Waals surface area contributed by atoms with E-state index in [0.29, 0.717) is 46.1 Å². The third-order valence-electron chi connectivity index (χ3n) is 5.82. The zero-order chi connectivity index (χ0) is 24.2. The Morgan fingerprint density at radius 3 is 2.74 bits per heavy atom. The summed E-state index contributed by atoms with van der Waals surface area (Å²) >= 11 is 0. The molecule has 2 aliphatic rings. The molecule has 0 saturated carbocycles. The third-order valence-corrected chi connectivity index (χ3v) is 5.82. The predicted molar refractivity (Wildman–Crippen MR) is 125 cm³/mol. The van der Waals surface area contributed by atoms with Crippen LogP contribution in [0.5, 0.6) is 11.5 Å². The molecule has 1 aliphatic heterocycles. The number of nitrogens with zero attached hydrogens (tertiary/aromatic N) is 1. The van der Waals surface area contributed by atoms with Gasteiger partial charge in [0, 0.05) is 41.1 Å². The van der Waals surface area contributed by atoms with Gasteiger partial charge in [0.25, 0.3) is 11.8 Å². The second kappa shape index (κ2) is 9.78. The zero-order valence-corrected chi connectivity index (χ0v) is 19.0. The molecule has 1 aromatic heterocycles. The van der Waals surface area contributed by atoms with Crippen LogP contribution in [0.25, 0.3) is 0 Å². The van der Waals surface area contributed by atoms with Crippen LogP contribution < -0.4 is 25.8 Å². The van der Waals surface area contributed by atoms with Crippen LogP contribution in [0.1, 0.15) is 37.7 Å². The van der Waals surface area contributed by atoms with Gasteiger partial charge in [-0.3, -0.25) is 14.4 Å². The van der Waals surface area contributed by atoms with Crippen molar-refractivity contribution < 1.29 is 23.9 Å². The van der Waals surface area contributed by atoms with Crippen molar-refractivity contribution in [2.24, 2.45) is 5.73 Å². The van der Waals surface area contributed by atoms with Gasteiger partial charge in [-0.1, -0.05) is 12.1 Å². The molecular weight excluding hydrogens is 436 g/mol. The molecule has 0 saturated heterocycles. The highest BCUT2D eigenvalue weighted by molar-refractivity contribution is 6.09. The monoisotopic (exact) mass is 462 g/mol. The molecule has 4 rings (SSSR count). The van der Waals surface area contributed by atoms with Gasteiger partial charge < -0.3 is 25.8 Å². The maximum absolute atomic E-state index is 13.5. The number of nitrogens with one attached hydrogen (secondary N) is 2. The highest BCUT2D eigenvalue weighted by Crippen LogP contribution is 2.44. The number of carbonyl (C=O) groups excluding carboxylic acids is 3. The highest BCUT2D eigenvalue weighted by atomic mass is 16.5. The standard InChI is InChI=1S/C25H26N4O5/c1-14-22(25(32)29-21-8-3-4-11-27-21)23(24-16(28-14)6-5-7-17(24)30)15-9-10-18(19(12-15)33-2)34-13-20(26)31/h3-4,8-12,23,28H,5-7,13H2,1-2H3,(H2,26,31)(H,27,29,32)/t23-/m0/s1. The topological polar surface area (TPSA) is 133 Å². The lowest BCUT2D eigenvalue weighted by Gasteiger charge is -2.34. The number of rotatable bonds is 7. The quantitative estimate of drug-likeness (QED) is 0.576. The number of ether oxygens (including phenoxy) is 2. The molecule has 4 N–H and O–H groups in total. The van der Waals surface area contributed by atoms with E-state index in [1.807, 2.05) is 6.92 Å². The summed E-state index contributed by atoms with van der Waals surface area (Å²) < 4.78 is 10.9. The maximum atomic E-state index is 13.5. The molecule has 1 aromatic carbocycles. The summed E-state index contributed by atoms with van der Waals surface area (Å²) in [5, 5.41) is 6.12. The molecular formula is C25H26N4O5. The van der Waals surface area contributed by atoms with E-state index in [9.17, 15) is 14.4 Å². The largest absolute Gasteiger partial charge is 0.493 e. The third kappa shape index (κ3) is 4.63. The van der Waals surface area contributed by atoms with E-state index in [1.54, 1.807) is 42.6 Å². The highest BCUT2D eigenvalue weighted by Gasteiger charge is 2.38. The van der Waals surface area contributed by atoms with Gasteiger partial charge in [-0.05, 0) is 49.6 Å². The molecule has 0 unspecified atom stereocenters. The van der Waals surface area contributed by atoms with Gasteiger partial charge in [0.15, 0.2) is 23.9 Å².